The molecule has 0 radical (unpaired) electrons. The van der Waals surface area contributed by atoms with E-state index >= 15 is 0 Å². The predicted octanol–water partition coefficient (Wildman–Crippen LogP) is 3.72. The van der Waals surface area contributed by atoms with Crippen molar-refractivity contribution in [2.75, 3.05) is 24.1 Å². The second-order valence-corrected chi connectivity index (χ2v) is 15.0. The van der Waals surface area contributed by atoms with Gasteiger partial charge in [0.05, 0.1) is 12.3 Å². The van der Waals surface area contributed by atoms with Gasteiger partial charge in [0, 0.05) is 35.6 Å². The second kappa shape index (κ2) is 8.94. The first-order valence-corrected chi connectivity index (χ1v) is 14.3. The van der Waals surface area contributed by atoms with Crippen LogP contribution < -0.4 is 9.44 Å². The van der Waals surface area contributed by atoms with Crippen LogP contribution in [0.1, 0.15) is 71.6 Å². The van der Waals surface area contributed by atoms with E-state index in [2.05, 4.69) is 9.44 Å². The zero-order chi connectivity index (χ0) is 24.8. The number of hydrogen-bond acceptors (Lipinski definition) is 6. The molecule has 1 aromatic carbocycles. The molecule has 1 unspecified atom stereocenters. The molecule has 33 heavy (non-hydrogen) atoms. The summed E-state index contributed by atoms with van der Waals surface area (Å²) in [6.45, 7) is 12.5. The quantitative estimate of drug-likeness (QED) is 0.611. The van der Waals surface area contributed by atoms with Gasteiger partial charge in [-0.2, -0.15) is 0 Å². The number of anilines is 1. The van der Waals surface area contributed by atoms with Crippen LogP contribution in [0.2, 0.25) is 0 Å². The van der Waals surface area contributed by atoms with Crippen molar-refractivity contribution >= 4 is 33.2 Å². The number of amides is 1. The highest BCUT2D eigenvalue weighted by Crippen LogP contribution is 2.53. The smallest absolute Gasteiger partial charge is 0.410 e. The Labute approximate surface area is 201 Å². The van der Waals surface area contributed by atoms with Gasteiger partial charge in [0.2, 0.25) is 10.0 Å². The second-order valence-electron chi connectivity index (χ2n) is 11.2. The number of fused-ring (bicyclic) bond motifs is 1. The van der Waals surface area contributed by atoms with Crippen LogP contribution in [-0.2, 0) is 32.5 Å². The fraction of sp³-hybridized carbons (Fsp3) is 0.696. The zero-order valence-electron chi connectivity index (χ0n) is 20.6. The van der Waals surface area contributed by atoms with Crippen molar-refractivity contribution in [2.45, 2.75) is 77.2 Å². The molecule has 10 heteroatoms. The standard InChI is InChI=1S/C23H37N3O5S2/c1-21(2,3)31-20(27)26-12-10-23(11-13-26)15-16-14-17(25-33(7,29)30)8-9-18(16)19(23)24-32(28)22(4,5)6/h8-9,14,19,24-25H,10-13,15H2,1-7H3/t19-,32?/m1/s1. The van der Waals surface area contributed by atoms with Crippen LogP contribution >= 0.6 is 0 Å². The summed E-state index contributed by atoms with van der Waals surface area (Å²) in [5, 5.41) is 0. The fourth-order valence-corrected chi connectivity index (χ4v) is 6.03. The number of ether oxygens (including phenoxy) is 1. The summed E-state index contributed by atoms with van der Waals surface area (Å²) in [6, 6.07) is 5.40. The molecule has 1 fully saturated rings. The van der Waals surface area contributed by atoms with Gasteiger partial charge >= 0.3 is 6.09 Å². The molecule has 1 heterocycles. The van der Waals surface area contributed by atoms with E-state index in [1.165, 1.54) is 0 Å². The molecule has 2 N–H and O–H groups in total. The number of nitrogens with one attached hydrogen (secondary N) is 2. The first-order chi connectivity index (χ1) is 15.0. The van der Waals surface area contributed by atoms with Crippen molar-refractivity contribution in [3.8, 4) is 0 Å². The molecule has 1 aliphatic heterocycles. The van der Waals surface area contributed by atoms with Gasteiger partial charge < -0.3 is 14.2 Å². The molecule has 0 bridgehead atoms. The number of likely N-dealkylation sites (tertiary alicyclic amines) is 1. The first kappa shape index (κ1) is 26.1. The minimum atomic E-state index is -3.38. The summed E-state index contributed by atoms with van der Waals surface area (Å²) in [4.78, 5) is 14.3. The summed E-state index contributed by atoms with van der Waals surface area (Å²) in [7, 11) is -3.38. The van der Waals surface area contributed by atoms with Crippen molar-refractivity contribution in [3.63, 3.8) is 0 Å². The maximum Gasteiger partial charge on any atom is 0.410 e. The number of benzene rings is 1. The maximum absolute atomic E-state index is 13.1. The molecule has 2 aliphatic rings. The van der Waals surface area contributed by atoms with Crippen LogP contribution in [0, 0.1) is 5.41 Å². The molecular weight excluding hydrogens is 462 g/mol. The highest BCUT2D eigenvalue weighted by Gasteiger charge is 2.51. The highest BCUT2D eigenvalue weighted by atomic mass is 32.2. The lowest BCUT2D eigenvalue weighted by molar-refractivity contribution is 0.00716. The lowest BCUT2D eigenvalue weighted by Gasteiger charge is -2.43. The van der Waals surface area contributed by atoms with Gasteiger partial charge in [-0.15, -0.1) is 4.72 Å². The van der Waals surface area contributed by atoms with Crippen LogP contribution in [0.15, 0.2) is 18.2 Å². The lowest BCUT2D eigenvalue weighted by atomic mass is 9.73. The topological polar surface area (TPSA) is 111 Å². The number of carbonyl (C=O) groups excluding carboxylic acids is 1. The van der Waals surface area contributed by atoms with E-state index in [1.807, 2.05) is 53.7 Å². The van der Waals surface area contributed by atoms with E-state index in [-0.39, 0.29) is 17.6 Å². The third kappa shape index (κ3) is 6.35. The number of carbonyl (C=O) groups is 1. The zero-order valence-corrected chi connectivity index (χ0v) is 22.3. The predicted molar refractivity (Wildman–Crippen MR) is 132 cm³/mol. The molecule has 186 valence electrons. The molecule has 1 aliphatic carbocycles. The van der Waals surface area contributed by atoms with Crippen LogP contribution in [0.25, 0.3) is 0 Å². The Bertz CT molecular complexity index is 990. The van der Waals surface area contributed by atoms with Gasteiger partial charge in [-0.05, 0) is 84.1 Å². The summed E-state index contributed by atoms with van der Waals surface area (Å²) >= 11 is -1.28. The number of rotatable bonds is 4. The SMILES string of the molecule is CC(C)(C)OC(=O)N1CCC2(CC1)Cc1cc(NS(C)(=O)=O)ccc1[C@H]2N[S+]([O-])C(C)(C)C. The normalized spacial score (nSPS) is 21.6. The van der Waals surface area contributed by atoms with E-state index in [9.17, 15) is 17.8 Å². The van der Waals surface area contributed by atoms with Crippen LogP contribution in [0.5, 0.6) is 0 Å². The minimum absolute atomic E-state index is 0.152. The molecule has 0 saturated carbocycles. The molecule has 0 aromatic heterocycles. The monoisotopic (exact) mass is 499 g/mol. The molecule has 1 amide bonds. The van der Waals surface area contributed by atoms with Crippen molar-refractivity contribution in [3.05, 3.63) is 29.3 Å². The highest BCUT2D eigenvalue weighted by molar-refractivity contribution is 7.92. The number of piperidine rings is 1. The first-order valence-electron chi connectivity index (χ1n) is 11.3. The Morgan fingerprint density at radius 2 is 1.79 bits per heavy atom. The van der Waals surface area contributed by atoms with Crippen molar-refractivity contribution in [1.82, 2.24) is 9.62 Å². The average Bonchev–Trinajstić information content (AvgIpc) is 2.91. The van der Waals surface area contributed by atoms with E-state index in [0.29, 0.717) is 18.8 Å². The Morgan fingerprint density at radius 3 is 2.30 bits per heavy atom. The molecule has 3 rings (SSSR count). The minimum Gasteiger partial charge on any atom is -0.598 e. The van der Waals surface area contributed by atoms with Gasteiger partial charge in [-0.25, -0.2) is 13.2 Å². The van der Waals surface area contributed by atoms with Crippen LogP contribution in [0.3, 0.4) is 0 Å². The maximum atomic E-state index is 13.1. The Morgan fingerprint density at radius 1 is 1.18 bits per heavy atom. The van der Waals surface area contributed by atoms with Gasteiger partial charge in [0.25, 0.3) is 0 Å². The van der Waals surface area contributed by atoms with E-state index in [1.54, 1.807) is 11.0 Å². The van der Waals surface area contributed by atoms with E-state index < -0.39 is 31.7 Å². The molecule has 1 spiro atoms. The summed E-state index contributed by atoms with van der Waals surface area (Å²) < 4.78 is 47.5. The lowest BCUT2D eigenvalue weighted by Crippen LogP contribution is -2.51. The molecule has 8 nitrogen and oxygen atoms in total. The Balaban J connectivity index is 1.87. The third-order valence-electron chi connectivity index (χ3n) is 6.10. The Hall–Kier alpha value is -1.49. The fourth-order valence-electron chi connectivity index (χ4n) is 4.53. The Kier molecular flexibility index (Phi) is 7.08. The van der Waals surface area contributed by atoms with Crippen molar-refractivity contribution in [2.24, 2.45) is 5.41 Å². The van der Waals surface area contributed by atoms with Gasteiger partial charge in [0.1, 0.15) is 10.3 Å². The van der Waals surface area contributed by atoms with Crippen molar-refractivity contribution in [1.29, 1.82) is 0 Å². The van der Waals surface area contributed by atoms with Crippen LogP contribution in [0.4, 0.5) is 10.5 Å². The van der Waals surface area contributed by atoms with E-state index in [0.717, 1.165) is 36.6 Å². The molecular formula is C23H37N3O5S2. The molecule has 1 aromatic rings. The van der Waals surface area contributed by atoms with Gasteiger partial charge in [-0.1, -0.05) is 6.07 Å². The van der Waals surface area contributed by atoms with Crippen LogP contribution in [-0.4, -0.2) is 53.7 Å². The number of nitrogens with zero attached hydrogens (tertiary/aromatic N) is 1. The summed E-state index contributed by atoms with van der Waals surface area (Å²) in [6.07, 6.45) is 3.01. The van der Waals surface area contributed by atoms with Crippen molar-refractivity contribution < 1.29 is 22.5 Å². The van der Waals surface area contributed by atoms with E-state index in [4.69, 9.17) is 4.74 Å². The molecule has 2 atom stereocenters. The third-order valence-corrected chi connectivity index (χ3v) is 8.27. The van der Waals surface area contributed by atoms with Gasteiger partial charge in [0.15, 0.2) is 0 Å². The average molecular weight is 500 g/mol. The summed E-state index contributed by atoms with van der Waals surface area (Å²) in [5.74, 6) is 0. The molecule has 1 saturated heterocycles. The largest absolute Gasteiger partial charge is 0.598 e. The number of hydrogen-bond donors (Lipinski definition) is 2. The number of sulfonamides is 1. The summed E-state index contributed by atoms with van der Waals surface area (Å²) in [5.41, 5.74) is 1.84. The van der Waals surface area contributed by atoms with Gasteiger partial charge in [-0.3, -0.25) is 4.72 Å².